The topological polar surface area (TPSA) is 57.6 Å². The number of nitrogens with zero attached hydrogens (tertiary/aromatic N) is 1. The molecule has 4 nitrogen and oxygen atoms in total. The average molecular weight is 219 g/mol. The number of carbonyl (C=O) groups excluding carboxylic acids is 1. The molecule has 84 valence electrons. The summed E-state index contributed by atoms with van der Waals surface area (Å²) in [4.78, 5) is 24.2. The molecule has 1 amide bonds. The van der Waals surface area contributed by atoms with Crippen molar-refractivity contribution in [3.05, 3.63) is 29.3 Å². The summed E-state index contributed by atoms with van der Waals surface area (Å²) in [5.74, 6) is -0.894. The average Bonchev–Trinajstić information content (AvgIpc) is 2.28. The number of benzene rings is 1. The summed E-state index contributed by atoms with van der Waals surface area (Å²) in [5.41, 5.74) is 2.03. The summed E-state index contributed by atoms with van der Waals surface area (Å²) in [7, 11) is 0. The third-order valence-corrected chi connectivity index (χ3v) is 2.85. The molecule has 1 heterocycles. The van der Waals surface area contributed by atoms with Crippen LogP contribution < -0.4 is 4.90 Å². The maximum atomic E-state index is 11.6. The number of carbonyl (C=O) groups is 2. The molecule has 0 aromatic heterocycles. The number of rotatable bonds is 2. The highest BCUT2D eigenvalue weighted by Gasteiger charge is 2.23. The number of hydrogen-bond acceptors (Lipinski definition) is 2. The standard InChI is InChI=1S/C12H13NO3/c1-2-13-10-7-9(12(15)16)4-3-8(10)5-6-11(13)14/h3-4,7H,2,5-6H2,1H3,(H,15,16). The first kappa shape index (κ1) is 10.7. The number of carboxylic acids is 1. The molecule has 1 N–H and O–H groups in total. The van der Waals surface area contributed by atoms with Crippen LogP contribution in [0.5, 0.6) is 0 Å². The second kappa shape index (κ2) is 3.96. The van der Waals surface area contributed by atoms with Gasteiger partial charge < -0.3 is 10.0 Å². The lowest BCUT2D eigenvalue weighted by Gasteiger charge is -2.28. The van der Waals surface area contributed by atoms with E-state index < -0.39 is 5.97 Å². The first-order valence-electron chi connectivity index (χ1n) is 5.30. The lowest BCUT2D eigenvalue weighted by atomic mass is 9.99. The molecule has 0 aliphatic carbocycles. The summed E-state index contributed by atoms with van der Waals surface area (Å²) in [6.07, 6.45) is 1.21. The first-order valence-corrected chi connectivity index (χ1v) is 5.30. The van der Waals surface area contributed by atoms with Crippen LogP contribution >= 0.6 is 0 Å². The quantitative estimate of drug-likeness (QED) is 0.823. The van der Waals surface area contributed by atoms with Crippen LogP contribution in [-0.2, 0) is 11.2 Å². The van der Waals surface area contributed by atoms with Crippen molar-refractivity contribution < 1.29 is 14.7 Å². The van der Waals surface area contributed by atoms with Gasteiger partial charge >= 0.3 is 5.97 Å². The minimum Gasteiger partial charge on any atom is -0.478 e. The lowest BCUT2D eigenvalue weighted by Crippen LogP contribution is -2.34. The van der Waals surface area contributed by atoms with E-state index in [1.807, 2.05) is 6.92 Å². The molecule has 0 saturated heterocycles. The lowest BCUT2D eigenvalue weighted by molar-refractivity contribution is -0.118. The van der Waals surface area contributed by atoms with Crippen molar-refractivity contribution in [2.75, 3.05) is 11.4 Å². The molecular weight excluding hydrogens is 206 g/mol. The van der Waals surface area contributed by atoms with Crippen molar-refractivity contribution in [2.45, 2.75) is 19.8 Å². The number of carboxylic acid groups (broad SMARTS) is 1. The second-order valence-corrected chi connectivity index (χ2v) is 3.79. The Labute approximate surface area is 93.5 Å². The molecule has 0 atom stereocenters. The minimum absolute atomic E-state index is 0.0672. The fourth-order valence-corrected chi connectivity index (χ4v) is 2.02. The van der Waals surface area contributed by atoms with Gasteiger partial charge in [-0.1, -0.05) is 6.07 Å². The highest BCUT2D eigenvalue weighted by Crippen LogP contribution is 2.28. The van der Waals surface area contributed by atoms with Gasteiger partial charge in [0.05, 0.1) is 5.56 Å². The molecule has 1 aromatic carbocycles. The third-order valence-electron chi connectivity index (χ3n) is 2.85. The molecule has 0 bridgehead atoms. The maximum absolute atomic E-state index is 11.6. The molecule has 1 aromatic rings. The van der Waals surface area contributed by atoms with Crippen LogP contribution in [0.1, 0.15) is 29.3 Å². The molecule has 0 spiro atoms. The summed E-state index contributed by atoms with van der Waals surface area (Å²) in [6, 6.07) is 4.97. The third kappa shape index (κ3) is 1.66. The fraction of sp³-hybridized carbons (Fsp3) is 0.333. The Kier molecular flexibility index (Phi) is 2.64. The molecule has 1 aliphatic heterocycles. The maximum Gasteiger partial charge on any atom is 0.335 e. The van der Waals surface area contributed by atoms with Gasteiger partial charge in [-0.3, -0.25) is 4.79 Å². The van der Waals surface area contributed by atoms with Gasteiger partial charge in [0, 0.05) is 18.7 Å². The summed E-state index contributed by atoms with van der Waals surface area (Å²) >= 11 is 0. The Bertz CT molecular complexity index is 454. The van der Waals surface area contributed by atoms with Gasteiger partial charge in [0.2, 0.25) is 5.91 Å². The molecular formula is C12H13NO3. The van der Waals surface area contributed by atoms with Crippen LogP contribution in [0, 0.1) is 0 Å². The van der Waals surface area contributed by atoms with Crippen LogP contribution in [0.15, 0.2) is 18.2 Å². The van der Waals surface area contributed by atoms with Crippen LogP contribution in [-0.4, -0.2) is 23.5 Å². The smallest absolute Gasteiger partial charge is 0.335 e. The zero-order valence-electron chi connectivity index (χ0n) is 9.06. The van der Waals surface area contributed by atoms with Crippen molar-refractivity contribution in [1.29, 1.82) is 0 Å². The van der Waals surface area contributed by atoms with E-state index in [0.717, 1.165) is 11.3 Å². The zero-order chi connectivity index (χ0) is 11.7. The van der Waals surface area contributed by atoms with E-state index in [-0.39, 0.29) is 11.5 Å². The molecule has 0 radical (unpaired) electrons. The number of fused-ring (bicyclic) bond motifs is 1. The van der Waals surface area contributed by atoms with E-state index >= 15 is 0 Å². The normalized spacial score (nSPS) is 14.8. The van der Waals surface area contributed by atoms with E-state index in [0.29, 0.717) is 19.4 Å². The molecule has 0 unspecified atom stereocenters. The summed E-state index contributed by atoms with van der Waals surface area (Å²) in [5, 5.41) is 8.91. The first-order chi connectivity index (χ1) is 7.63. The highest BCUT2D eigenvalue weighted by atomic mass is 16.4. The molecule has 0 fully saturated rings. The predicted octanol–water partition coefficient (Wildman–Crippen LogP) is 1.68. The molecule has 1 aliphatic rings. The minimum atomic E-state index is -0.961. The number of hydrogen-bond donors (Lipinski definition) is 1. The number of aromatic carboxylic acids is 1. The van der Waals surface area contributed by atoms with Crippen molar-refractivity contribution in [1.82, 2.24) is 0 Å². The van der Waals surface area contributed by atoms with Crippen LogP contribution in [0.2, 0.25) is 0 Å². The van der Waals surface area contributed by atoms with Gasteiger partial charge in [-0.15, -0.1) is 0 Å². The molecule has 2 rings (SSSR count). The number of aryl methyl sites for hydroxylation is 1. The van der Waals surface area contributed by atoms with E-state index in [2.05, 4.69) is 0 Å². The second-order valence-electron chi connectivity index (χ2n) is 3.79. The summed E-state index contributed by atoms with van der Waals surface area (Å²) < 4.78 is 0. The van der Waals surface area contributed by atoms with E-state index in [4.69, 9.17) is 5.11 Å². The molecule has 16 heavy (non-hydrogen) atoms. The van der Waals surface area contributed by atoms with Gasteiger partial charge in [0.1, 0.15) is 0 Å². The van der Waals surface area contributed by atoms with Crippen molar-refractivity contribution in [3.8, 4) is 0 Å². The van der Waals surface area contributed by atoms with E-state index in [1.54, 1.807) is 23.1 Å². The fourth-order valence-electron chi connectivity index (χ4n) is 2.02. The SMILES string of the molecule is CCN1C(=O)CCc2ccc(C(=O)O)cc21. The predicted molar refractivity (Wildman–Crippen MR) is 59.7 cm³/mol. The van der Waals surface area contributed by atoms with Gasteiger partial charge in [-0.25, -0.2) is 4.79 Å². The zero-order valence-corrected chi connectivity index (χ0v) is 9.06. The molecule has 4 heteroatoms. The van der Waals surface area contributed by atoms with Crippen LogP contribution in [0.25, 0.3) is 0 Å². The Hall–Kier alpha value is -1.84. The van der Waals surface area contributed by atoms with Crippen molar-refractivity contribution in [2.24, 2.45) is 0 Å². The van der Waals surface area contributed by atoms with Crippen molar-refractivity contribution in [3.63, 3.8) is 0 Å². The number of amides is 1. The van der Waals surface area contributed by atoms with Gasteiger partial charge in [0.15, 0.2) is 0 Å². The number of anilines is 1. The largest absolute Gasteiger partial charge is 0.478 e. The van der Waals surface area contributed by atoms with E-state index in [1.165, 1.54) is 0 Å². The van der Waals surface area contributed by atoms with Gasteiger partial charge in [0.25, 0.3) is 0 Å². The van der Waals surface area contributed by atoms with Crippen LogP contribution in [0.4, 0.5) is 5.69 Å². The summed E-state index contributed by atoms with van der Waals surface area (Å²) in [6.45, 7) is 2.47. The van der Waals surface area contributed by atoms with Crippen molar-refractivity contribution >= 4 is 17.6 Å². The Morgan fingerprint density at radius 3 is 2.81 bits per heavy atom. The van der Waals surface area contributed by atoms with Gasteiger partial charge in [-0.05, 0) is 31.0 Å². The monoisotopic (exact) mass is 219 g/mol. The Morgan fingerprint density at radius 1 is 1.44 bits per heavy atom. The van der Waals surface area contributed by atoms with E-state index in [9.17, 15) is 9.59 Å². The molecule has 0 saturated carbocycles. The van der Waals surface area contributed by atoms with Crippen LogP contribution in [0.3, 0.4) is 0 Å². The Morgan fingerprint density at radius 2 is 2.19 bits per heavy atom. The Balaban J connectivity index is 2.49. The highest BCUT2D eigenvalue weighted by molar-refractivity contribution is 5.98. The van der Waals surface area contributed by atoms with Gasteiger partial charge in [-0.2, -0.15) is 0 Å².